The van der Waals surface area contributed by atoms with Gasteiger partial charge in [0.05, 0.1) is 12.2 Å². The van der Waals surface area contributed by atoms with E-state index >= 15 is 0 Å². The van der Waals surface area contributed by atoms with Crippen LogP contribution in [0.2, 0.25) is 0 Å². The Labute approximate surface area is 164 Å². The number of nitrogens with zero attached hydrogens (tertiary/aromatic N) is 6. The van der Waals surface area contributed by atoms with Crippen LogP contribution in [0.3, 0.4) is 0 Å². The number of aromatic nitrogens is 4. The number of amides is 1. The minimum absolute atomic E-state index is 0.200. The Kier molecular flexibility index (Phi) is 4.76. The van der Waals surface area contributed by atoms with Gasteiger partial charge in [-0.1, -0.05) is 5.16 Å². The van der Waals surface area contributed by atoms with Crippen molar-refractivity contribution in [2.45, 2.75) is 58.1 Å². The van der Waals surface area contributed by atoms with Crippen LogP contribution in [0.25, 0.3) is 0 Å². The van der Waals surface area contributed by atoms with Gasteiger partial charge in [0.25, 0.3) is 0 Å². The molecule has 152 valence electrons. The van der Waals surface area contributed by atoms with Gasteiger partial charge in [0.1, 0.15) is 5.60 Å². The molecule has 0 aliphatic carbocycles. The van der Waals surface area contributed by atoms with Crippen molar-refractivity contribution in [1.29, 1.82) is 0 Å². The molecule has 4 rings (SSSR count). The van der Waals surface area contributed by atoms with E-state index in [-0.39, 0.29) is 12.0 Å². The second kappa shape index (κ2) is 7.10. The SMILES string of the molecule is Cn1cc2c(n1)CN(c1nc(C3CCN(C(=O)OC(C)(C)C)CC3)no1)CC2. The van der Waals surface area contributed by atoms with Crippen LogP contribution in [-0.2, 0) is 24.8 Å². The maximum atomic E-state index is 12.2. The summed E-state index contributed by atoms with van der Waals surface area (Å²) in [5, 5.41) is 8.73. The van der Waals surface area contributed by atoms with Gasteiger partial charge >= 0.3 is 12.1 Å². The van der Waals surface area contributed by atoms with Crippen LogP contribution in [0, 0.1) is 0 Å². The smallest absolute Gasteiger partial charge is 0.410 e. The van der Waals surface area contributed by atoms with Crippen LogP contribution in [0.5, 0.6) is 0 Å². The Morgan fingerprint density at radius 2 is 2.00 bits per heavy atom. The topological polar surface area (TPSA) is 89.5 Å². The summed E-state index contributed by atoms with van der Waals surface area (Å²) in [4.78, 5) is 20.7. The van der Waals surface area contributed by atoms with Crippen LogP contribution in [-0.4, -0.2) is 56.1 Å². The molecule has 0 spiro atoms. The number of hydrogen-bond acceptors (Lipinski definition) is 7. The summed E-state index contributed by atoms with van der Waals surface area (Å²) in [7, 11) is 1.94. The Bertz CT molecular complexity index is 844. The minimum Gasteiger partial charge on any atom is -0.444 e. The molecule has 28 heavy (non-hydrogen) atoms. The lowest BCUT2D eigenvalue weighted by Gasteiger charge is -2.32. The Morgan fingerprint density at radius 3 is 2.71 bits per heavy atom. The number of piperidine rings is 1. The molecule has 9 nitrogen and oxygen atoms in total. The highest BCUT2D eigenvalue weighted by Crippen LogP contribution is 2.29. The number of aryl methyl sites for hydroxylation is 1. The quantitative estimate of drug-likeness (QED) is 0.781. The summed E-state index contributed by atoms with van der Waals surface area (Å²) < 4.78 is 12.9. The molecule has 0 unspecified atom stereocenters. The molecular formula is C19H28N6O3. The summed E-state index contributed by atoms with van der Waals surface area (Å²) in [5.74, 6) is 0.928. The molecule has 1 amide bonds. The van der Waals surface area contributed by atoms with E-state index in [0.29, 0.717) is 25.6 Å². The van der Waals surface area contributed by atoms with Gasteiger partial charge < -0.3 is 19.1 Å². The fourth-order valence-corrected chi connectivity index (χ4v) is 3.77. The molecule has 0 radical (unpaired) electrons. The van der Waals surface area contributed by atoms with Crippen molar-refractivity contribution >= 4 is 12.1 Å². The molecule has 9 heteroatoms. The molecule has 0 saturated carbocycles. The predicted molar refractivity (Wildman–Crippen MR) is 102 cm³/mol. The molecule has 0 N–H and O–H groups in total. The van der Waals surface area contributed by atoms with Crippen molar-refractivity contribution in [1.82, 2.24) is 24.8 Å². The van der Waals surface area contributed by atoms with Gasteiger partial charge in [-0.3, -0.25) is 4.68 Å². The van der Waals surface area contributed by atoms with Gasteiger partial charge in [0.15, 0.2) is 5.82 Å². The van der Waals surface area contributed by atoms with E-state index in [0.717, 1.165) is 37.3 Å². The summed E-state index contributed by atoms with van der Waals surface area (Å²) in [6, 6.07) is 0.556. The second-order valence-electron chi connectivity index (χ2n) is 8.62. The fourth-order valence-electron chi connectivity index (χ4n) is 3.77. The van der Waals surface area contributed by atoms with Crippen molar-refractivity contribution in [3.05, 3.63) is 23.3 Å². The number of fused-ring (bicyclic) bond motifs is 1. The van der Waals surface area contributed by atoms with Crippen molar-refractivity contribution in [3.8, 4) is 0 Å². The summed E-state index contributed by atoms with van der Waals surface area (Å²) >= 11 is 0. The number of anilines is 1. The van der Waals surface area contributed by atoms with E-state index in [4.69, 9.17) is 9.26 Å². The molecule has 0 aromatic carbocycles. The zero-order valence-corrected chi connectivity index (χ0v) is 17.0. The van der Waals surface area contributed by atoms with Crippen LogP contribution in [0.1, 0.15) is 56.6 Å². The number of rotatable bonds is 2. The van der Waals surface area contributed by atoms with Gasteiger partial charge in [-0.15, -0.1) is 0 Å². The average molecular weight is 388 g/mol. The maximum absolute atomic E-state index is 12.2. The lowest BCUT2D eigenvalue weighted by atomic mass is 9.96. The Balaban J connectivity index is 1.35. The molecule has 4 heterocycles. The van der Waals surface area contributed by atoms with Crippen molar-refractivity contribution in [2.24, 2.45) is 7.05 Å². The Morgan fingerprint density at radius 1 is 1.25 bits per heavy atom. The van der Waals surface area contributed by atoms with Gasteiger partial charge in [-0.25, -0.2) is 4.79 Å². The molecule has 2 aliphatic rings. The lowest BCUT2D eigenvalue weighted by molar-refractivity contribution is 0.0203. The molecule has 1 saturated heterocycles. The molecular weight excluding hydrogens is 360 g/mol. The zero-order chi connectivity index (χ0) is 19.9. The highest BCUT2D eigenvalue weighted by Gasteiger charge is 2.31. The minimum atomic E-state index is -0.474. The Hall–Kier alpha value is -2.58. The van der Waals surface area contributed by atoms with Crippen LogP contribution < -0.4 is 4.90 Å². The third kappa shape index (κ3) is 3.98. The van der Waals surface area contributed by atoms with E-state index in [1.807, 2.05) is 32.5 Å². The largest absolute Gasteiger partial charge is 0.444 e. The molecule has 0 bridgehead atoms. The maximum Gasteiger partial charge on any atom is 0.410 e. The third-order valence-electron chi connectivity index (χ3n) is 5.20. The lowest BCUT2D eigenvalue weighted by Crippen LogP contribution is -2.41. The van der Waals surface area contributed by atoms with Crippen molar-refractivity contribution < 1.29 is 14.1 Å². The van der Waals surface area contributed by atoms with E-state index in [9.17, 15) is 4.79 Å². The number of hydrogen-bond donors (Lipinski definition) is 0. The van der Waals surface area contributed by atoms with Gasteiger partial charge in [-0.05, 0) is 45.6 Å². The van der Waals surface area contributed by atoms with E-state index in [1.165, 1.54) is 5.56 Å². The van der Waals surface area contributed by atoms with Crippen molar-refractivity contribution in [3.63, 3.8) is 0 Å². The van der Waals surface area contributed by atoms with Crippen LogP contribution in [0.4, 0.5) is 10.8 Å². The number of carbonyl (C=O) groups is 1. The van der Waals surface area contributed by atoms with Crippen LogP contribution >= 0.6 is 0 Å². The van der Waals surface area contributed by atoms with Crippen LogP contribution in [0.15, 0.2) is 10.7 Å². The first-order valence-corrected chi connectivity index (χ1v) is 9.86. The first-order chi connectivity index (χ1) is 13.3. The molecule has 2 aliphatic heterocycles. The molecule has 2 aromatic rings. The summed E-state index contributed by atoms with van der Waals surface area (Å²) in [6.07, 6.45) is 4.37. The third-order valence-corrected chi connectivity index (χ3v) is 5.20. The van der Waals surface area contributed by atoms with Crippen molar-refractivity contribution in [2.75, 3.05) is 24.5 Å². The summed E-state index contributed by atoms with van der Waals surface area (Å²) in [5.41, 5.74) is 1.88. The number of ether oxygens (including phenoxy) is 1. The number of likely N-dealkylation sites (tertiary alicyclic amines) is 1. The van der Waals surface area contributed by atoms with Gasteiger partial charge in [0.2, 0.25) is 0 Å². The number of carbonyl (C=O) groups excluding carboxylic acids is 1. The highest BCUT2D eigenvalue weighted by atomic mass is 16.6. The van der Waals surface area contributed by atoms with Gasteiger partial charge in [0, 0.05) is 38.8 Å². The second-order valence-corrected chi connectivity index (χ2v) is 8.62. The van der Waals surface area contributed by atoms with Gasteiger partial charge in [-0.2, -0.15) is 10.1 Å². The molecule has 0 atom stereocenters. The molecule has 2 aromatic heterocycles. The predicted octanol–water partition coefficient (Wildman–Crippen LogP) is 2.48. The zero-order valence-electron chi connectivity index (χ0n) is 17.0. The fraction of sp³-hybridized carbons (Fsp3) is 0.684. The average Bonchev–Trinajstić information content (AvgIpc) is 3.25. The standard InChI is InChI=1S/C19H28N6O3/c1-19(2,3)27-18(26)24-8-5-13(6-9-24)16-20-17(28-22-16)25-10-7-14-11-23(4)21-15(14)12-25/h11,13H,5-10,12H2,1-4H3. The monoisotopic (exact) mass is 388 g/mol. The van der Waals surface area contributed by atoms with E-state index < -0.39 is 5.60 Å². The first kappa shape index (κ1) is 18.8. The normalized spacial score (nSPS) is 18.3. The van der Waals surface area contributed by atoms with E-state index in [1.54, 1.807) is 4.90 Å². The first-order valence-electron chi connectivity index (χ1n) is 9.86. The summed E-state index contributed by atoms with van der Waals surface area (Å²) in [6.45, 7) is 8.47. The van der Waals surface area contributed by atoms with E-state index in [2.05, 4.69) is 26.3 Å². The molecule has 1 fully saturated rings. The highest BCUT2D eigenvalue weighted by molar-refractivity contribution is 5.68.